The average Bonchev–Trinajstić information content (AvgIpc) is 2.80. The summed E-state index contributed by atoms with van der Waals surface area (Å²) >= 11 is 0. The predicted octanol–water partition coefficient (Wildman–Crippen LogP) is 1.45. The van der Waals surface area contributed by atoms with Crippen LogP contribution >= 0.6 is 0 Å². The molecular formula is C14H22N2O2. The summed E-state index contributed by atoms with van der Waals surface area (Å²) in [5, 5.41) is 3.47. The Morgan fingerprint density at radius 2 is 1.94 bits per heavy atom. The number of nitrogens with zero attached hydrogens (tertiary/aromatic N) is 1. The molecule has 1 saturated heterocycles. The first-order chi connectivity index (χ1) is 8.65. The van der Waals surface area contributed by atoms with Gasteiger partial charge >= 0.3 is 0 Å². The van der Waals surface area contributed by atoms with Crippen LogP contribution in [0.25, 0.3) is 0 Å². The fraction of sp³-hybridized carbons (Fsp3) is 0.571. The van der Waals surface area contributed by atoms with Crippen LogP contribution in [-0.4, -0.2) is 46.3 Å². The van der Waals surface area contributed by atoms with Crippen LogP contribution in [0.15, 0.2) is 18.2 Å². The third-order valence-corrected chi connectivity index (χ3v) is 3.87. The summed E-state index contributed by atoms with van der Waals surface area (Å²) in [6, 6.07) is 6.18. The van der Waals surface area contributed by atoms with E-state index in [0.717, 1.165) is 31.0 Å². The summed E-state index contributed by atoms with van der Waals surface area (Å²) in [4.78, 5) is 2.34. The van der Waals surface area contributed by atoms with Crippen LogP contribution in [0.1, 0.15) is 12.0 Å². The maximum atomic E-state index is 5.39. The molecule has 18 heavy (non-hydrogen) atoms. The Morgan fingerprint density at radius 1 is 1.22 bits per heavy atom. The van der Waals surface area contributed by atoms with E-state index in [1.807, 2.05) is 13.1 Å². The molecule has 1 unspecified atom stereocenters. The van der Waals surface area contributed by atoms with Crippen LogP contribution in [0.3, 0.4) is 0 Å². The molecule has 0 radical (unpaired) electrons. The molecule has 1 aliphatic rings. The number of likely N-dealkylation sites (N-methyl/N-ethyl adjacent to an activating group) is 2. The van der Waals surface area contributed by atoms with Crippen LogP contribution in [-0.2, 0) is 5.54 Å². The molecule has 100 valence electrons. The van der Waals surface area contributed by atoms with E-state index >= 15 is 0 Å². The van der Waals surface area contributed by atoms with Crippen molar-refractivity contribution < 1.29 is 9.47 Å². The fourth-order valence-corrected chi connectivity index (χ4v) is 2.72. The van der Waals surface area contributed by atoms with Crippen LogP contribution in [0.2, 0.25) is 0 Å². The number of methoxy groups -OCH3 is 2. The maximum absolute atomic E-state index is 5.39. The molecule has 0 bridgehead atoms. The van der Waals surface area contributed by atoms with Crippen molar-refractivity contribution in [2.75, 3.05) is 41.4 Å². The largest absolute Gasteiger partial charge is 0.493 e. The molecule has 1 aromatic rings. The Balaban J connectivity index is 2.37. The molecule has 0 spiro atoms. The smallest absolute Gasteiger partial charge is 0.161 e. The number of ether oxygens (including phenoxy) is 2. The first kappa shape index (κ1) is 13.2. The first-order valence-corrected chi connectivity index (χ1v) is 6.25. The fourth-order valence-electron chi connectivity index (χ4n) is 2.72. The number of hydrogen-bond donors (Lipinski definition) is 1. The normalized spacial score (nSPS) is 24.2. The number of likely N-dealkylation sites (tertiary alicyclic amines) is 1. The Morgan fingerprint density at radius 3 is 2.44 bits per heavy atom. The highest BCUT2D eigenvalue weighted by molar-refractivity contribution is 5.45. The Bertz CT molecular complexity index is 422. The number of rotatable bonds is 4. The standard InChI is InChI=1S/C14H22N2O2/c1-15-14(7-8-16(2)10-14)11-5-6-12(17-3)13(9-11)18-4/h5-6,9,15H,7-8,10H2,1-4H3. The lowest BCUT2D eigenvalue weighted by Gasteiger charge is -2.30. The molecular weight excluding hydrogens is 228 g/mol. The lowest BCUT2D eigenvalue weighted by Crippen LogP contribution is -2.42. The van der Waals surface area contributed by atoms with Crippen LogP contribution in [0.5, 0.6) is 11.5 Å². The van der Waals surface area contributed by atoms with E-state index in [1.54, 1.807) is 14.2 Å². The van der Waals surface area contributed by atoms with Crippen LogP contribution in [0, 0.1) is 0 Å². The monoisotopic (exact) mass is 250 g/mol. The van der Waals surface area contributed by atoms with E-state index in [9.17, 15) is 0 Å². The van der Waals surface area contributed by atoms with Gasteiger partial charge in [-0.25, -0.2) is 0 Å². The van der Waals surface area contributed by atoms with Gasteiger partial charge in [-0.3, -0.25) is 0 Å². The van der Waals surface area contributed by atoms with Crippen molar-refractivity contribution in [2.24, 2.45) is 0 Å². The van der Waals surface area contributed by atoms with E-state index in [-0.39, 0.29) is 5.54 Å². The summed E-state index contributed by atoms with van der Waals surface area (Å²) in [6.07, 6.45) is 1.11. The Labute approximate surface area is 109 Å². The van der Waals surface area contributed by atoms with Gasteiger partial charge in [-0.1, -0.05) is 6.07 Å². The molecule has 0 saturated carbocycles. The summed E-state index contributed by atoms with van der Waals surface area (Å²) in [5.41, 5.74) is 1.28. The van der Waals surface area contributed by atoms with Gasteiger partial charge in [0.1, 0.15) is 0 Å². The van der Waals surface area contributed by atoms with Gasteiger partial charge in [0.15, 0.2) is 11.5 Å². The second-order valence-corrected chi connectivity index (χ2v) is 4.89. The van der Waals surface area contributed by atoms with Crippen molar-refractivity contribution in [3.8, 4) is 11.5 Å². The van der Waals surface area contributed by atoms with Crippen molar-refractivity contribution in [3.63, 3.8) is 0 Å². The molecule has 1 heterocycles. The predicted molar refractivity (Wildman–Crippen MR) is 72.4 cm³/mol. The summed E-state index contributed by atoms with van der Waals surface area (Å²) < 4.78 is 10.7. The second-order valence-electron chi connectivity index (χ2n) is 4.89. The summed E-state index contributed by atoms with van der Waals surface area (Å²) in [6.45, 7) is 2.12. The third kappa shape index (κ3) is 2.18. The van der Waals surface area contributed by atoms with E-state index in [2.05, 4.69) is 29.4 Å². The van der Waals surface area contributed by atoms with Gasteiger partial charge < -0.3 is 19.7 Å². The number of benzene rings is 1. The number of nitrogens with one attached hydrogen (secondary N) is 1. The average molecular weight is 250 g/mol. The minimum Gasteiger partial charge on any atom is -0.493 e. The molecule has 1 atom stereocenters. The SMILES string of the molecule is CNC1(c2ccc(OC)c(OC)c2)CCN(C)C1. The molecule has 0 amide bonds. The first-order valence-electron chi connectivity index (χ1n) is 6.25. The maximum Gasteiger partial charge on any atom is 0.161 e. The zero-order valence-electron chi connectivity index (χ0n) is 11.6. The van der Waals surface area contributed by atoms with E-state index in [4.69, 9.17) is 9.47 Å². The zero-order valence-corrected chi connectivity index (χ0v) is 11.6. The lowest BCUT2D eigenvalue weighted by molar-refractivity contribution is 0.328. The molecule has 4 nitrogen and oxygen atoms in total. The van der Waals surface area contributed by atoms with E-state index < -0.39 is 0 Å². The van der Waals surface area contributed by atoms with Gasteiger partial charge in [0, 0.05) is 13.1 Å². The highest BCUT2D eigenvalue weighted by Crippen LogP contribution is 2.36. The van der Waals surface area contributed by atoms with E-state index in [0.29, 0.717) is 0 Å². The van der Waals surface area contributed by atoms with Gasteiger partial charge in [0.25, 0.3) is 0 Å². The zero-order chi connectivity index (χ0) is 13.2. The molecule has 4 heteroatoms. The van der Waals surface area contributed by atoms with Crippen molar-refractivity contribution in [1.82, 2.24) is 10.2 Å². The molecule has 1 fully saturated rings. The third-order valence-electron chi connectivity index (χ3n) is 3.87. The number of hydrogen-bond acceptors (Lipinski definition) is 4. The Hall–Kier alpha value is -1.26. The molecule has 1 aromatic carbocycles. The van der Waals surface area contributed by atoms with Crippen LogP contribution < -0.4 is 14.8 Å². The van der Waals surface area contributed by atoms with Crippen LogP contribution in [0.4, 0.5) is 0 Å². The molecule has 1 N–H and O–H groups in total. The highest BCUT2D eigenvalue weighted by Gasteiger charge is 2.37. The molecule has 1 aliphatic heterocycles. The van der Waals surface area contributed by atoms with Crippen molar-refractivity contribution >= 4 is 0 Å². The van der Waals surface area contributed by atoms with Crippen molar-refractivity contribution in [3.05, 3.63) is 23.8 Å². The lowest BCUT2D eigenvalue weighted by atomic mass is 9.89. The molecule has 0 aliphatic carbocycles. The molecule has 2 rings (SSSR count). The minimum atomic E-state index is 0.0221. The van der Waals surface area contributed by atoms with Crippen molar-refractivity contribution in [1.29, 1.82) is 0 Å². The summed E-state index contributed by atoms with van der Waals surface area (Å²) in [5.74, 6) is 1.57. The highest BCUT2D eigenvalue weighted by atomic mass is 16.5. The minimum absolute atomic E-state index is 0.0221. The second kappa shape index (κ2) is 5.16. The van der Waals surface area contributed by atoms with Gasteiger partial charge in [0.05, 0.1) is 19.8 Å². The van der Waals surface area contributed by atoms with E-state index in [1.165, 1.54) is 5.56 Å². The summed E-state index contributed by atoms with van der Waals surface area (Å²) in [7, 11) is 7.51. The van der Waals surface area contributed by atoms with Gasteiger partial charge in [-0.15, -0.1) is 0 Å². The Kier molecular flexibility index (Phi) is 3.78. The van der Waals surface area contributed by atoms with Gasteiger partial charge in [-0.2, -0.15) is 0 Å². The van der Waals surface area contributed by atoms with Gasteiger partial charge in [-0.05, 0) is 38.2 Å². The topological polar surface area (TPSA) is 33.7 Å². The quantitative estimate of drug-likeness (QED) is 0.877. The molecule has 0 aromatic heterocycles. The van der Waals surface area contributed by atoms with Crippen molar-refractivity contribution in [2.45, 2.75) is 12.0 Å². The van der Waals surface area contributed by atoms with Gasteiger partial charge in [0.2, 0.25) is 0 Å².